The van der Waals surface area contributed by atoms with Crippen LogP contribution in [0, 0.1) is 5.82 Å². The van der Waals surface area contributed by atoms with Crippen molar-refractivity contribution in [2.24, 2.45) is 0 Å². The van der Waals surface area contributed by atoms with Crippen LogP contribution in [0.25, 0.3) is 0 Å². The average Bonchev–Trinajstić information content (AvgIpc) is 2.92. The molecule has 0 aliphatic carbocycles. The molecule has 0 amide bonds. The van der Waals surface area contributed by atoms with Gasteiger partial charge in [-0.05, 0) is 42.8 Å². The zero-order valence-electron chi connectivity index (χ0n) is 12.7. The molecule has 0 spiro atoms. The molecule has 0 saturated heterocycles. The number of anilines is 1. The van der Waals surface area contributed by atoms with Crippen molar-refractivity contribution in [3.63, 3.8) is 0 Å². The second-order valence-electron chi connectivity index (χ2n) is 5.70. The number of aliphatic hydroxyl groups excluding tert-OH is 1. The molecule has 2 unspecified atom stereocenters. The highest BCUT2D eigenvalue weighted by molar-refractivity contribution is 5.59. The van der Waals surface area contributed by atoms with Crippen LogP contribution in [0.2, 0.25) is 0 Å². The van der Waals surface area contributed by atoms with Gasteiger partial charge in [0.25, 0.3) is 0 Å². The predicted molar refractivity (Wildman–Crippen MR) is 86.6 cm³/mol. The Labute approximate surface area is 130 Å². The maximum atomic E-state index is 13.6. The molecule has 0 bridgehead atoms. The Balaban J connectivity index is 2.00. The lowest BCUT2D eigenvalue weighted by Gasteiger charge is -2.34. The third-order valence-corrected chi connectivity index (χ3v) is 4.23. The van der Waals surface area contributed by atoms with E-state index >= 15 is 0 Å². The Morgan fingerprint density at radius 3 is 2.82 bits per heavy atom. The lowest BCUT2D eigenvalue weighted by molar-refractivity contribution is 0.141. The summed E-state index contributed by atoms with van der Waals surface area (Å²) in [6, 6.07) is 14.5. The first kappa shape index (κ1) is 15.0. The van der Waals surface area contributed by atoms with Gasteiger partial charge in [-0.2, -0.15) is 0 Å². The molecule has 0 fully saturated rings. The highest BCUT2D eigenvalue weighted by Crippen LogP contribution is 2.36. The third-order valence-electron chi connectivity index (χ3n) is 4.23. The van der Waals surface area contributed by atoms with Crippen LogP contribution >= 0.6 is 0 Å². The summed E-state index contributed by atoms with van der Waals surface area (Å²) in [5.74, 6) is -0.272. The number of nitrogens with zero attached hydrogens (tertiary/aromatic N) is 1. The molecule has 1 aliphatic heterocycles. The van der Waals surface area contributed by atoms with E-state index in [0.29, 0.717) is 6.54 Å². The number of hydrogen-bond donors (Lipinski definition) is 2. The smallest absolute Gasteiger partial charge is 0.123 e. The third kappa shape index (κ3) is 2.85. The van der Waals surface area contributed by atoms with Crippen molar-refractivity contribution < 1.29 is 9.50 Å². The van der Waals surface area contributed by atoms with Gasteiger partial charge in [-0.15, -0.1) is 0 Å². The van der Waals surface area contributed by atoms with Gasteiger partial charge < -0.3 is 15.3 Å². The minimum absolute atomic E-state index is 0.258. The summed E-state index contributed by atoms with van der Waals surface area (Å²) in [6.07, 6.45) is 0.340. The zero-order chi connectivity index (χ0) is 15.5. The molecule has 0 radical (unpaired) electrons. The van der Waals surface area contributed by atoms with Crippen molar-refractivity contribution in [1.29, 1.82) is 0 Å². The molecule has 3 rings (SSSR count). The highest BCUT2D eigenvalue weighted by atomic mass is 19.1. The number of likely N-dealkylation sites (N-methyl/N-ethyl adjacent to an activating group) is 1. The highest BCUT2D eigenvalue weighted by Gasteiger charge is 2.31. The molecule has 0 aromatic heterocycles. The average molecular weight is 300 g/mol. The number of para-hydroxylation sites is 1. The second-order valence-corrected chi connectivity index (χ2v) is 5.70. The van der Waals surface area contributed by atoms with Gasteiger partial charge in [0.05, 0.1) is 12.1 Å². The number of halogens is 1. The molecule has 22 heavy (non-hydrogen) atoms. The molecule has 1 aliphatic rings. The van der Waals surface area contributed by atoms with Crippen molar-refractivity contribution in [3.8, 4) is 0 Å². The lowest BCUT2D eigenvalue weighted by atomic mass is 9.99. The number of nitrogens with one attached hydrogen (secondary N) is 1. The van der Waals surface area contributed by atoms with Crippen molar-refractivity contribution in [3.05, 3.63) is 65.5 Å². The Hall–Kier alpha value is -1.91. The SMILES string of the molecule is CNCC(O)C(c1cccc(F)c1)N1CCc2ccccc21. The number of aliphatic hydroxyl groups is 1. The first-order valence-electron chi connectivity index (χ1n) is 7.63. The van der Waals surface area contributed by atoms with Crippen LogP contribution in [-0.2, 0) is 6.42 Å². The maximum absolute atomic E-state index is 13.6. The van der Waals surface area contributed by atoms with E-state index in [0.717, 1.165) is 24.2 Å². The molecule has 2 aromatic rings. The van der Waals surface area contributed by atoms with Crippen molar-refractivity contribution in [1.82, 2.24) is 5.32 Å². The largest absolute Gasteiger partial charge is 0.389 e. The fourth-order valence-electron chi connectivity index (χ4n) is 3.27. The Morgan fingerprint density at radius 2 is 2.05 bits per heavy atom. The van der Waals surface area contributed by atoms with Gasteiger partial charge in [0, 0.05) is 18.8 Å². The van der Waals surface area contributed by atoms with E-state index in [-0.39, 0.29) is 11.9 Å². The first-order chi connectivity index (χ1) is 10.7. The van der Waals surface area contributed by atoms with Crippen LogP contribution in [0.15, 0.2) is 48.5 Å². The topological polar surface area (TPSA) is 35.5 Å². The normalized spacial score (nSPS) is 16.4. The predicted octanol–water partition coefficient (Wildman–Crippen LogP) is 2.51. The second kappa shape index (κ2) is 6.46. The lowest BCUT2D eigenvalue weighted by Crippen LogP contribution is -2.40. The van der Waals surface area contributed by atoms with Gasteiger partial charge in [0.15, 0.2) is 0 Å². The van der Waals surface area contributed by atoms with E-state index in [1.54, 1.807) is 6.07 Å². The van der Waals surface area contributed by atoms with Gasteiger partial charge in [-0.1, -0.05) is 30.3 Å². The van der Waals surface area contributed by atoms with Gasteiger partial charge in [-0.25, -0.2) is 4.39 Å². The van der Waals surface area contributed by atoms with Crippen LogP contribution < -0.4 is 10.2 Å². The van der Waals surface area contributed by atoms with E-state index < -0.39 is 6.10 Å². The van der Waals surface area contributed by atoms with Crippen molar-refractivity contribution >= 4 is 5.69 Å². The molecule has 1 heterocycles. The standard InChI is InChI=1S/C18H21FN2O/c1-20-12-17(22)18(14-6-4-7-15(19)11-14)21-10-9-13-5-2-3-8-16(13)21/h2-8,11,17-18,20,22H,9-10,12H2,1H3. The van der Waals surface area contributed by atoms with E-state index in [4.69, 9.17) is 0 Å². The van der Waals surface area contributed by atoms with Gasteiger partial charge in [-0.3, -0.25) is 0 Å². The monoisotopic (exact) mass is 300 g/mol. The number of benzene rings is 2. The Kier molecular flexibility index (Phi) is 4.41. The summed E-state index contributed by atoms with van der Waals surface area (Å²) in [7, 11) is 1.81. The summed E-state index contributed by atoms with van der Waals surface area (Å²) >= 11 is 0. The van der Waals surface area contributed by atoms with Gasteiger partial charge in [0.2, 0.25) is 0 Å². The molecular weight excluding hydrogens is 279 g/mol. The van der Waals surface area contributed by atoms with Crippen molar-refractivity contribution in [2.45, 2.75) is 18.6 Å². The van der Waals surface area contributed by atoms with E-state index in [2.05, 4.69) is 22.3 Å². The van der Waals surface area contributed by atoms with E-state index in [1.807, 2.05) is 25.2 Å². The molecule has 2 aromatic carbocycles. The Morgan fingerprint density at radius 1 is 1.23 bits per heavy atom. The number of fused-ring (bicyclic) bond motifs is 1. The molecule has 2 atom stereocenters. The summed E-state index contributed by atoms with van der Waals surface area (Å²) in [4.78, 5) is 2.19. The molecular formula is C18H21FN2O. The quantitative estimate of drug-likeness (QED) is 0.890. The fourth-order valence-corrected chi connectivity index (χ4v) is 3.27. The summed E-state index contributed by atoms with van der Waals surface area (Å²) < 4.78 is 13.6. The van der Waals surface area contributed by atoms with Crippen LogP contribution in [0.5, 0.6) is 0 Å². The first-order valence-corrected chi connectivity index (χ1v) is 7.63. The fraction of sp³-hybridized carbons (Fsp3) is 0.333. The van der Waals surface area contributed by atoms with Crippen LogP contribution in [0.4, 0.5) is 10.1 Å². The van der Waals surface area contributed by atoms with E-state index in [1.165, 1.54) is 17.7 Å². The number of hydrogen-bond acceptors (Lipinski definition) is 3. The number of rotatable bonds is 5. The Bertz CT molecular complexity index is 646. The van der Waals surface area contributed by atoms with E-state index in [9.17, 15) is 9.50 Å². The zero-order valence-corrected chi connectivity index (χ0v) is 12.7. The molecule has 4 heteroatoms. The van der Waals surface area contributed by atoms with Crippen molar-refractivity contribution in [2.75, 3.05) is 25.0 Å². The van der Waals surface area contributed by atoms with Crippen LogP contribution in [0.1, 0.15) is 17.2 Å². The van der Waals surface area contributed by atoms with Crippen LogP contribution in [-0.4, -0.2) is 31.3 Å². The maximum Gasteiger partial charge on any atom is 0.123 e. The summed E-state index contributed by atoms with van der Waals surface area (Å²) in [5.41, 5.74) is 3.21. The minimum Gasteiger partial charge on any atom is -0.389 e. The van der Waals surface area contributed by atoms with Crippen LogP contribution in [0.3, 0.4) is 0 Å². The summed E-state index contributed by atoms with van der Waals surface area (Å²) in [6.45, 7) is 1.29. The molecule has 0 saturated carbocycles. The molecule has 3 nitrogen and oxygen atoms in total. The molecule has 116 valence electrons. The van der Waals surface area contributed by atoms with Gasteiger partial charge >= 0.3 is 0 Å². The minimum atomic E-state index is -0.613. The summed E-state index contributed by atoms with van der Waals surface area (Å²) in [5, 5.41) is 13.6. The van der Waals surface area contributed by atoms with Gasteiger partial charge in [0.1, 0.15) is 5.82 Å². The molecule has 2 N–H and O–H groups in total.